The number of rotatable bonds is 3. The van der Waals surface area contributed by atoms with Gasteiger partial charge in [-0.05, 0) is 63.0 Å². The van der Waals surface area contributed by atoms with Crippen molar-refractivity contribution in [2.45, 2.75) is 33.1 Å². The van der Waals surface area contributed by atoms with Crippen molar-refractivity contribution >= 4 is 11.8 Å². The highest BCUT2D eigenvalue weighted by Crippen LogP contribution is 2.38. The molecule has 0 atom stereocenters. The minimum atomic E-state index is 1.00. The minimum absolute atomic E-state index is 1.00. The monoisotopic (exact) mass is 255 g/mol. The van der Waals surface area contributed by atoms with Gasteiger partial charge in [-0.1, -0.05) is 0 Å². The Hall–Kier alpha value is -1.70. The third kappa shape index (κ3) is 2.27. The van der Waals surface area contributed by atoms with Crippen LogP contribution in [0.2, 0.25) is 0 Å². The highest BCUT2D eigenvalue weighted by Gasteiger charge is 2.19. The number of hydrogen-bond acceptors (Lipinski definition) is 2. The molecule has 1 aliphatic heterocycles. The van der Waals surface area contributed by atoms with E-state index < -0.39 is 0 Å². The molecule has 2 nitrogen and oxygen atoms in total. The quantitative estimate of drug-likeness (QED) is 0.795. The van der Waals surface area contributed by atoms with Crippen molar-refractivity contribution in [2.24, 2.45) is 0 Å². The first-order valence-electron chi connectivity index (χ1n) is 7.29. The zero-order chi connectivity index (χ0) is 13.2. The molecule has 0 saturated heterocycles. The van der Waals surface area contributed by atoms with Gasteiger partial charge in [0.15, 0.2) is 0 Å². The number of hydrogen-bond donors (Lipinski definition) is 0. The predicted molar refractivity (Wildman–Crippen MR) is 80.5 cm³/mol. The molecule has 2 heteroatoms. The van der Waals surface area contributed by atoms with Crippen LogP contribution < -0.4 is 9.64 Å². The number of ether oxygens (including phenoxy) is 1. The van der Waals surface area contributed by atoms with E-state index in [9.17, 15) is 0 Å². The fourth-order valence-corrected chi connectivity index (χ4v) is 2.85. The molecule has 1 aliphatic carbocycles. The second kappa shape index (κ2) is 5.12. The molecule has 1 aromatic carbocycles. The van der Waals surface area contributed by atoms with E-state index in [0.29, 0.717) is 0 Å². The van der Waals surface area contributed by atoms with Crippen molar-refractivity contribution in [1.82, 2.24) is 0 Å². The highest BCUT2D eigenvalue weighted by atomic mass is 16.5. The van der Waals surface area contributed by atoms with Gasteiger partial charge in [0.25, 0.3) is 0 Å². The Morgan fingerprint density at radius 2 is 2.05 bits per heavy atom. The molecule has 100 valence electrons. The van der Waals surface area contributed by atoms with Crippen LogP contribution in [0.15, 0.2) is 35.6 Å². The number of benzene rings is 1. The van der Waals surface area contributed by atoms with Gasteiger partial charge in [-0.15, -0.1) is 0 Å². The summed E-state index contributed by atoms with van der Waals surface area (Å²) in [6, 6.07) is 6.55. The maximum atomic E-state index is 6.08. The molecule has 0 saturated carbocycles. The fourth-order valence-electron chi connectivity index (χ4n) is 2.85. The van der Waals surface area contributed by atoms with E-state index in [-0.39, 0.29) is 0 Å². The Morgan fingerprint density at radius 1 is 1.21 bits per heavy atom. The molecule has 0 spiro atoms. The Bertz CT molecular complexity index is 538. The van der Waals surface area contributed by atoms with Crippen LogP contribution in [0.1, 0.15) is 38.7 Å². The van der Waals surface area contributed by atoms with Gasteiger partial charge < -0.3 is 9.64 Å². The summed E-state index contributed by atoms with van der Waals surface area (Å²) in [5.41, 5.74) is 3.82. The second-order valence-electron chi connectivity index (χ2n) is 5.13. The Kier molecular flexibility index (Phi) is 3.33. The lowest BCUT2D eigenvalue weighted by Gasteiger charge is -2.26. The van der Waals surface area contributed by atoms with Crippen LogP contribution >= 0.6 is 0 Å². The third-order valence-corrected chi connectivity index (χ3v) is 3.97. The van der Waals surface area contributed by atoms with Gasteiger partial charge in [-0.3, -0.25) is 0 Å². The van der Waals surface area contributed by atoms with Crippen LogP contribution in [-0.2, 0) is 0 Å². The molecule has 0 aromatic heterocycles. The minimum Gasteiger partial charge on any atom is -0.457 e. The van der Waals surface area contributed by atoms with Crippen molar-refractivity contribution in [3.05, 3.63) is 41.2 Å². The lowest BCUT2D eigenvalue weighted by atomic mass is 9.95. The van der Waals surface area contributed by atoms with Crippen LogP contribution in [-0.4, -0.2) is 13.1 Å². The Balaban J connectivity index is 1.97. The van der Waals surface area contributed by atoms with Crippen LogP contribution in [0, 0.1) is 0 Å². The molecule has 2 aliphatic rings. The van der Waals surface area contributed by atoms with Gasteiger partial charge >= 0.3 is 0 Å². The van der Waals surface area contributed by atoms with Crippen molar-refractivity contribution in [2.75, 3.05) is 18.0 Å². The first-order valence-corrected chi connectivity index (χ1v) is 7.29. The lowest BCUT2D eigenvalue weighted by Crippen LogP contribution is -2.22. The van der Waals surface area contributed by atoms with E-state index >= 15 is 0 Å². The van der Waals surface area contributed by atoms with Gasteiger partial charge in [0, 0.05) is 30.4 Å². The van der Waals surface area contributed by atoms with E-state index in [0.717, 1.165) is 37.4 Å². The maximum Gasteiger partial charge on any atom is 0.136 e. The van der Waals surface area contributed by atoms with Crippen LogP contribution in [0.4, 0.5) is 5.69 Å². The SMILES string of the molecule is CCN(CC)c1ccc2c(c1)OC1=CCCCC1=C2. The van der Waals surface area contributed by atoms with Crippen LogP contribution in [0.5, 0.6) is 5.75 Å². The van der Waals surface area contributed by atoms with Gasteiger partial charge in [0.2, 0.25) is 0 Å². The van der Waals surface area contributed by atoms with E-state index in [4.69, 9.17) is 4.74 Å². The van der Waals surface area contributed by atoms with Crippen LogP contribution in [0.3, 0.4) is 0 Å². The standard InChI is InChI=1S/C17H21NO/c1-3-18(4-2)15-10-9-14-11-13-7-5-6-8-16(13)19-17(14)12-15/h8-12H,3-7H2,1-2H3. The van der Waals surface area contributed by atoms with E-state index in [1.807, 2.05) is 0 Å². The first kappa shape index (κ1) is 12.3. The number of fused-ring (bicyclic) bond motifs is 2. The smallest absolute Gasteiger partial charge is 0.136 e. The molecule has 0 bridgehead atoms. The summed E-state index contributed by atoms with van der Waals surface area (Å²) in [4.78, 5) is 2.35. The Morgan fingerprint density at radius 3 is 2.84 bits per heavy atom. The molecule has 0 unspecified atom stereocenters. The second-order valence-corrected chi connectivity index (χ2v) is 5.13. The summed E-state index contributed by atoms with van der Waals surface area (Å²) in [5, 5.41) is 0. The van der Waals surface area contributed by atoms with Gasteiger partial charge in [-0.25, -0.2) is 0 Å². The van der Waals surface area contributed by atoms with Gasteiger partial charge in [0.05, 0.1) is 0 Å². The fraction of sp³-hybridized carbons (Fsp3) is 0.412. The van der Waals surface area contributed by atoms with Gasteiger partial charge in [0.1, 0.15) is 11.5 Å². The average molecular weight is 255 g/mol. The summed E-state index contributed by atoms with van der Waals surface area (Å²) in [5.74, 6) is 2.08. The lowest BCUT2D eigenvalue weighted by molar-refractivity contribution is 0.416. The molecule has 3 rings (SSSR count). The molecule has 0 fully saturated rings. The zero-order valence-electron chi connectivity index (χ0n) is 11.8. The first-order chi connectivity index (χ1) is 9.31. The molecular weight excluding hydrogens is 234 g/mol. The normalized spacial score (nSPS) is 16.7. The van der Waals surface area contributed by atoms with Crippen LogP contribution in [0.25, 0.3) is 6.08 Å². The topological polar surface area (TPSA) is 12.5 Å². The van der Waals surface area contributed by atoms with Crippen molar-refractivity contribution < 1.29 is 4.74 Å². The molecule has 0 N–H and O–H groups in total. The summed E-state index contributed by atoms with van der Waals surface area (Å²) in [6.45, 7) is 6.43. The molecule has 19 heavy (non-hydrogen) atoms. The Labute approximate surface area is 115 Å². The summed E-state index contributed by atoms with van der Waals surface area (Å²) in [6.07, 6.45) is 8.03. The molecule has 1 aromatic rings. The number of anilines is 1. The molecular formula is C17H21NO. The van der Waals surface area contributed by atoms with Crippen molar-refractivity contribution in [1.29, 1.82) is 0 Å². The van der Waals surface area contributed by atoms with E-state index in [1.165, 1.54) is 23.2 Å². The van der Waals surface area contributed by atoms with E-state index in [2.05, 4.69) is 49.1 Å². The van der Waals surface area contributed by atoms with Crippen molar-refractivity contribution in [3.8, 4) is 5.75 Å². The van der Waals surface area contributed by atoms with Crippen molar-refractivity contribution in [3.63, 3.8) is 0 Å². The highest BCUT2D eigenvalue weighted by molar-refractivity contribution is 5.70. The summed E-state index contributed by atoms with van der Waals surface area (Å²) in [7, 11) is 0. The largest absolute Gasteiger partial charge is 0.457 e. The maximum absolute atomic E-state index is 6.08. The zero-order valence-corrected chi connectivity index (χ0v) is 11.8. The number of allylic oxidation sites excluding steroid dienone is 2. The van der Waals surface area contributed by atoms with E-state index in [1.54, 1.807) is 0 Å². The molecule has 1 heterocycles. The summed E-state index contributed by atoms with van der Waals surface area (Å²) < 4.78 is 6.08. The number of nitrogens with zero attached hydrogens (tertiary/aromatic N) is 1. The molecule has 0 amide bonds. The predicted octanol–water partition coefficient (Wildman–Crippen LogP) is 4.38. The average Bonchev–Trinajstić information content (AvgIpc) is 2.46. The third-order valence-electron chi connectivity index (χ3n) is 3.97. The summed E-state index contributed by atoms with van der Waals surface area (Å²) >= 11 is 0. The molecule has 0 radical (unpaired) electrons. The van der Waals surface area contributed by atoms with Gasteiger partial charge in [-0.2, -0.15) is 0 Å².